The maximum atomic E-state index is 13.1. The topological polar surface area (TPSA) is 69.4 Å². The number of rotatable bonds is 6. The van der Waals surface area contributed by atoms with Gasteiger partial charge in [-0.15, -0.1) is 0 Å². The van der Waals surface area contributed by atoms with E-state index in [9.17, 15) is 21.6 Å². The highest BCUT2D eigenvalue weighted by Gasteiger charge is 2.50. The fraction of sp³-hybridized carbons (Fsp3) is 0.238. The summed E-state index contributed by atoms with van der Waals surface area (Å²) >= 11 is 0. The Labute approximate surface area is 173 Å². The summed E-state index contributed by atoms with van der Waals surface area (Å²) in [7, 11) is -4.72. The van der Waals surface area contributed by atoms with Crippen LogP contribution in [-0.2, 0) is 10.0 Å². The quantitative estimate of drug-likeness (QED) is 0.678. The first-order valence-corrected chi connectivity index (χ1v) is 10.8. The smallest absolute Gasteiger partial charge is 0.408 e. The molecule has 9 heteroatoms. The van der Waals surface area contributed by atoms with E-state index < -0.39 is 25.8 Å². The van der Waals surface area contributed by atoms with Crippen molar-refractivity contribution < 1.29 is 26.3 Å². The third-order valence-electron chi connectivity index (χ3n) is 4.74. The van der Waals surface area contributed by atoms with Gasteiger partial charge in [-0.1, -0.05) is 30.3 Å². The van der Waals surface area contributed by atoms with E-state index in [2.05, 4.69) is 0 Å². The molecule has 0 radical (unpaired) electrons. The highest BCUT2D eigenvalue weighted by molar-refractivity contribution is 7.91. The number of nitrogens with two attached hydrogens (primary N) is 1. The lowest BCUT2D eigenvalue weighted by molar-refractivity contribution is -0.106. The van der Waals surface area contributed by atoms with Gasteiger partial charge in [-0.25, -0.2) is 0 Å². The summed E-state index contributed by atoms with van der Waals surface area (Å²) in [6.07, 6.45) is -0.469. The first-order chi connectivity index (χ1) is 14.1. The molecule has 0 bridgehead atoms. The Morgan fingerprint density at radius 3 is 2.53 bits per heavy atom. The van der Waals surface area contributed by atoms with Crippen LogP contribution in [0.2, 0.25) is 0 Å². The monoisotopic (exact) mass is 439 g/mol. The molecule has 0 saturated carbocycles. The summed E-state index contributed by atoms with van der Waals surface area (Å²) in [5.74, 6) is -1.07. The van der Waals surface area contributed by atoms with Crippen LogP contribution in [0.15, 0.2) is 72.5 Å². The summed E-state index contributed by atoms with van der Waals surface area (Å²) in [5, 5.41) is 0. The van der Waals surface area contributed by atoms with Gasteiger partial charge in [0.25, 0.3) is 0 Å². The number of aryl methyl sites for hydroxylation is 1. The normalized spacial score (nSPS) is 19.4. The number of benzene rings is 2. The number of nitrogens with zero attached hydrogens (tertiary/aromatic N) is 1. The van der Waals surface area contributed by atoms with Crippen LogP contribution >= 0.6 is 0 Å². The predicted octanol–water partition coefficient (Wildman–Crippen LogP) is 4.40. The Kier molecular flexibility index (Phi) is 6.07. The molecule has 0 aliphatic carbocycles. The molecule has 2 aromatic rings. The van der Waals surface area contributed by atoms with Gasteiger partial charge in [0.1, 0.15) is 24.2 Å². The second-order valence-corrected chi connectivity index (χ2v) is 9.10. The van der Waals surface area contributed by atoms with Crippen molar-refractivity contribution in [2.75, 3.05) is 18.8 Å². The third kappa shape index (κ3) is 4.58. The molecule has 1 aliphatic heterocycles. The minimum Gasteiger partial charge on any atom is -0.457 e. The van der Waals surface area contributed by atoms with Crippen LogP contribution in [0.5, 0.6) is 11.5 Å². The number of halogens is 3. The van der Waals surface area contributed by atoms with Crippen LogP contribution in [0, 0.1) is 6.92 Å². The molecule has 160 valence electrons. The SMILES string of the molecule is Cc1ccccc1Oc1cccc([N+]2(S(=O)(=O)CC(F)(F)F)C=C(CN)C=CC2)c1. The second-order valence-electron chi connectivity index (χ2n) is 7.00. The summed E-state index contributed by atoms with van der Waals surface area (Å²) in [6.45, 7) is 1.67. The van der Waals surface area contributed by atoms with Gasteiger partial charge in [0, 0.05) is 24.3 Å². The number of hydrogen-bond acceptors (Lipinski definition) is 4. The zero-order valence-electron chi connectivity index (χ0n) is 16.3. The summed E-state index contributed by atoms with van der Waals surface area (Å²) in [5.41, 5.74) is 7.08. The van der Waals surface area contributed by atoms with Crippen molar-refractivity contribution in [3.8, 4) is 11.5 Å². The largest absolute Gasteiger partial charge is 0.457 e. The second kappa shape index (κ2) is 8.25. The lowest BCUT2D eigenvalue weighted by Gasteiger charge is -2.34. The molecular weight excluding hydrogens is 417 g/mol. The molecule has 0 spiro atoms. The number of quaternary nitrogens is 1. The maximum absolute atomic E-state index is 13.1. The number of ether oxygens (including phenoxy) is 1. The lowest BCUT2D eigenvalue weighted by atomic mass is 10.2. The number of alkyl halides is 3. The molecule has 0 aromatic heterocycles. The first-order valence-electron chi connectivity index (χ1n) is 9.16. The van der Waals surface area contributed by atoms with Crippen LogP contribution in [-0.4, -0.2) is 33.4 Å². The van der Waals surface area contributed by atoms with Gasteiger partial charge < -0.3 is 10.5 Å². The summed E-state index contributed by atoms with van der Waals surface area (Å²) in [4.78, 5) is 0. The zero-order valence-corrected chi connectivity index (χ0v) is 17.1. The molecule has 30 heavy (non-hydrogen) atoms. The van der Waals surface area contributed by atoms with Gasteiger partial charge in [0.15, 0.2) is 11.4 Å². The molecule has 1 aliphatic rings. The van der Waals surface area contributed by atoms with E-state index in [-0.39, 0.29) is 18.8 Å². The fourth-order valence-corrected chi connectivity index (χ4v) is 4.97. The van der Waals surface area contributed by atoms with Crippen LogP contribution in [0.25, 0.3) is 0 Å². The van der Waals surface area contributed by atoms with Gasteiger partial charge in [-0.05, 0) is 30.7 Å². The Bertz CT molecular complexity index is 1090. The van der Waals surface area contributed by atoms with Gasteiger partial charge in [-0.2, -0.15) is 25.5 Å². The van der Waals surface area contributed by atoms with Gasteiger partial charge >= 0.3 is 16.2 Å². The molecule has 0 amide bonds. The van der Waals surface area contributed by atoms with Crippen molar-refractivity contribution in [3.63, 3.8) is 0 Å². The van der Waals surface area contributed by atoms with Crippen molar-refractivity contribution in [3.05, 3.63) is 78.0 Å². The van der Waals surface area contributed by atoms with Crippen LogP contribution in [0.1, 0.15) is 5.56 Å². The molecule has 0 saturated heterocycles. The minimum absolute atomic E-state index is 0.00254. The van der Waals surface area contributed by atoms with Crippen LogP contribution < -0.4 is 14.4 Å². The van der Waals surface area contributed by atoms with Crippen molar-refractivity contribution in [2.45, 2.75) is 13.1 Å². The first kappa shape index (κ1) is 22.1. The van der Waals surface area contributed by atoms with Crippen molar-refractivity contribution in [1.29, 1.82) is 0 Å². The van der Waals surface area contributed by atoms with Crippen molar-refractivity contribution >= 4 is 15.7 Å². The van der Waals surface area contributed by atoms with Crippen LogP contribution in [0.4, 0.5) is 18.9 Å². The van der Waals surface area contributed by atoms with Gasteiger partial charge in [0.2, 0.25) is 0 Å². The number of para-hydroxylation sites is 1. The molecule has 5 nitrogen and oxygen atoms in total. The lowest BCUT2D eigenvalue weighted by Crippen LogP contribution is -2.54. The van der Waals surface area contributed by atoms with E-state index in [0.29, 0.717) is 17.1 Å². The van der Waals surface area contributed by atoms with E-state index in [1.807, 2.05) is 19.1 Å². The van der Waals surface area contributed by atoms with E-state index in [1.165, 1.54) is 24.4 Å². The number of sulfonamides is 1. The van der Waals surface area contributed by atoms with Crippen LogP contribution in [0.3, 0.4) is 0 Å². The fourth-order valence-electron chi connectivity index (χ4n) is 3.28. The average Bonchev–Trinajstić information content (AvgIpc) is 2.68. The van der Waals surface area contributed by atoms with E-state index >= 15 is 0 Å². The highest BCUT2D eigenvalue weighted by Crippen LogP contribution is 2.37. The number of hydrogen-bond donors (Lipinski definition) is 1. The Hall–Kier alpha value is -2.62. The molecule has 1 heterocycles. The molecule has 1 unspecified atom stereocenters. The minimum atomic E-state index is -4.88. The van der Waals surface area contributed by atoms with Crippen molar-refractivity contribution in [2.24, 2.45) is 5.73 Å². The Balaban J connectivity index is 2.11. The molecular formula is C21H22F3N2O3S+. The molecule has 3 rings (SSSR count). The Morgan fingerprint density at radius 1 is 1.13 bits per heavy atom. The highest BCUT2D eigenvalue weighted by atomic mass is 32.2. The standard InChI is InChI=1S/C21H22F3N2O3S/c1-16-6-2-3-10-20(16)29-19-9-4-8-18(12-19)26(11-5-7-17(13-25)14-26)30(27,28)15-21(22,23)24/h2-10,12,14H,11,13,15,25H2,1H3/q+1. The van der Waals surface area contributed by atoms with Gasteiger partial charge in [0.05, 0.1) is 0 Å². The van der Waals surface area contributed by atoms with E-state index in [1.54, 1.807) is 30.3 Å². The Morgan fingerprint density at radius 2 is 1.87 bits per heavy atom. The molecule has 0 fully saturated rings. The average molecular weight is 439 g/mol. The van der Waals surface area contributed by atoms with E-state index in [0.717, 1.165) is 5.56 Å². The van der Waals surface area contributed by atoms with Gasteiger partial charge in [-0.3, -0.25) is 0 Å². The maximum Gasteiger partial charge on any atom is 0.408 e. The molecule has 2 N–H and O–H groups in total. The predicted molar refractivity (Wildman–Crippen MR) is 110 cm³/mol. The van der Waals surface area contributed by atoms with Crippen molar-refractivity contribution in [1.82, 2.24) is 3.89 Å². The molecule has 1 atom stereocenters. The molecule has 2 aromatic carbocycles. The summed E-state index contributed by atoms with van der Waals surface area (Å²) in [6, 6.07) is 13.3. The third-order valence-corrected chi connectivity index (χ3v) is 6.89. The summed E-state index contributed by atoms with van der Waals surface area (Å²) < 4.78 is 70.2. The zero-order chi connectivity index (χ0) is 22.0. The van der Waals surface area contributed by atoms with E-state index in [4.69, 9.17) is 10.5 Å².